The van der Waals surface area contributed by atoms with E-state index < -0.39 is 5.82 Å². The number of nitrogens with zero attached hydrogens (tertiary/aromatic N) is 4. The van der Waals surface area contributed by atoms with Crippen LogP contribution >= 0.6 is 11.6 Å². The van der Waals surface area contributed by atoms with Crippen LogP contribution in [0.3, 0.4) is 0 Å². The van der Waals surface area contributed by atoms with E-state index in [1.807, 2.05) is 6.07 Å². The maximum Gasteiger partial charge on any atom is 0.232 e. The second-order valence-electron chi connectivity index (χ2n) is 6.09. The Morgan fingerprint density at radius 3 is 2.96 bits per heavy atom. The fourth-order valence-electron chi connectivity index (χ4n) is 2.95. The number of amides is 1. The normalized spacial score (nSPS) is 17.1. The second kappa shape index (κ2) is 6.84. The summed E-state index contributed by atoms with van der Waals surface area (Å²) in [7, 11) is 0. The van der Waals surface area contributed by atoms with Crippen molar-refractivity contribution in [2.45, 2.75) is 18.9 Å². The lowest BCUT2D eigenvalue weighted by molar-refractivity contribution is -0.128. The number of carbonyl (C=O) groups excluding carboxylic acids is 1. The average Bonchev–Trinajstić information content (AvgIpc) is 3.27. The van der Waals surface area contributed by atoms with Gasteiger partial charge in [0.15, 0.2) is 0 Å². The lowest BCUT2D eigenvalue weighted by atomic mass is 10.1. The maximum atomic E-state index is 13.3. The minimum Gasteiger partial charge on any atom is -0.339 e. The van der Waals surface area contributed by atoms with Crippen LogP contribution in [0, 0.1) is 5.82 Å². The highest BCUT2D eigenvalue weighted by Gasteiger charge is 2.34. The molecular weight excluding hydrogens is 359 g/mol. The number of rotatable bonds is 4. The van der Waals surface area contributed by atoms with Crippen molar-refractivity contribution in [1.29, 1.82) is 0 Å². The van der Waals surface area contributed by atoms with Crippen LogP contribution in [0.2, 0.25) is 5.02 Å². The molecule has 1 atom stereocenters. The van der Waals surface area contributed by atoms with Crippen LogP contribution in [-0.2, 0) is 11.3 Å². The summed E-state index contributed by atoms with van der Waals surface area (Å²) >= 11 is 5.80. The number of likely N-dealkylation sites (tertiary alicyclic amines) is 1. The van der Waals surface area contributed by atoms with Crippen LogP contribution in [-0.4, -0.2) is 32.5 Å². The number of benzene rings is 1. The van der Waals surface area contributed by atoms with E-state index in [9.17, 15) is 9.18 Å². The first kappa shape index (κ1) is 16.7. The largest absolute Gasteiger partial charge is 0.339 e. The molecule has 0 radical (unpaired) electrons. The first-order valence-electron chi connectivity index (χ1n) is 8.07. The molecule has 1 saturated heterocycles. The molecule has 1 unspecified atom stereocenters. The molecule has 1 fully saturated rings. The van der Waals surface area contributed by atoms with Crippen molar-refractivity contribution in [3.63, 3.8) is 0 Å². The predicted octanol–water partition coefficient (Wildman–Crippen LogP) is 3.44. The standard InChI is InChI=1S/C18H14ClFN4O2/c19-13-7-11(4-5-14(13)20)9-24-10-12(8-16(24)25)18-22-17(23-26-18)15-3-1-2-6-21-15/h1-7,12H,8-10H2. The molecule has 4 rings (SSSR count). The number of halogens is 2. The van der Waals surface area contributed by atoms with Gasteiger partial charge in [0, 0.05) is 25.7 Å². The highest BCUT2D eigenvalue weighted by molar-refractivity contribution is 6.30. The number of carbonyl (C=O) groups is 1. The minimum atomic E-state index is -0.478. The highest BCUT2D eigenvalue weighted by atomic mass is 35.5. The van der Waals surface area contributed by atoms with Gasteiger partial charge in [-0.2, -0.15) is 4.98 Å². The lowest BCUT2D eigenvalue weighted by Crippen LogP contribution is -2.24. The van der Waals surface area contributed by atoms with Crippen LogP contribution < -0.4 is 0 Å². The molecule has 0 spiro atoms. The Morgan fingerprint density at radius 1 is 1.31 bits per heavy atom. The zero-order chi connectivity index (χ0) is 18.1. The van der Waals surface area contributed by atoms with E-state index in [4.69, 9.17) is 16.1 Å². The van der Waals surface area contributed by atoms with E-state index in [0.29, 0.717) is 36.9 Å². The smallest absolute Gasteiger partial charge is 0.232 e. The Hall–Kier alpha value is -2.80. The van der Waals surface area contributed by atoms with Crippen molar-refractivity contribution < 1.29 is 13.7 Å². The molecule has 1 aliphatic heterocycles. The first-order valence-corrected chi connectivity index (χ1v) is 8.44. The van der Waals surface area contributed by atoms with Gasteiger partial charge < -0.3 is 9.42 Å². The highest BCUT2D eigenvalue weighted by Crippen LogP contribution is 2.29. The summed E-state index contributed by atoms with van der Waals surface area (Å²) in [6.45, 7) is 0.814. The molecule has 1 aliphatic rings. The van der Waals surface area contributed by atoms with Gasteiger partial charge in [0.05, 0.1) is 10.9 Å². The summed E-state index contributed by atoms with van der Waals surface area (Å²) in [5.74, 6) is 0.140. The first-order chi connectivity index (χ1) is 12.6. The van der Waals surface area contributed by atoms with Crippen LogP contribution in [0.4, 0.5) is 4.39 Å². The van der Waals surface area contributed by atoms with Crippen molar-refractivity contribution in [2.24, 2.45) is 0 Å². The molecule has 1 aromatic carbocycles. The van der Waals surface area contributed by atoms with Crippen LogP contribution in [0.25, 0.3) is 11.5 Å². The van der Waals surface area contributed by atoms with Crippen molar-refractivity contribution in [3.05, 3.63) is 64.9 Å². The molecule has 2 aromatic heterocycles. The fourth-order valence-corrected chi connectivity index (χ4v) is 3.15. The summed E-state index contributed by atoms with van der Waals surface area (Å²) < 4.78 is 18.6. The quantitative estimate of drug-likeness (QED) is 0.701. The van der Waals surface area contributed by atoms with Gasteiger partial charge in [0.25, 0.3) is 0 Å². The Labute approximate surface area is 153 Å². The molecule has 132 valence electrons. The molecule has 0 saturated carbocycles. The van der Waals surface area contributed by atoms with Gasteiger partial charge in [0.1, 0.15) is 11.5 Å². The fraction of sp³-hybridized carbons (Fsp3) is 0.222. The molecule has 0 aliphatic carbocycles. The average molecular weight is 373 g/mol. The number of aromatic nitrogens is 3. The summed E-state index contributed by atoms with van der Waals surface area (Å²) in [5, 5.41) is 3.99. The molecule has 3 aromatic rings. The predicted molar refractivity (Wildman–Crippen MR) is 91.7 cm³/mol. The molecule has 0 N–H and O–H groups in total. The Morgan fingerprint density at radius 2 is 2.19 bits per heavy atom. The van der Waals surface area contributed by atoms with Crippen molar-refractivity contribution in [1.82, 2.24) is 20.0 Å². The summed E-state index contributed by atoms with van der Waals surface area (Å²) in [6.07, 6.45) is 1.94. The number of pyridine rings is 1. The molecule has 3 heterocycles. The van der Waals surface area contributed by atoms with Crippen LogP contribution in [0.15, 0.2) is 47.1 Å². The molecule has 6 nitrogen and oxygen atoms in total. The molecule has 26 heavy (non-hydrogen) atoms. The van der Waals surface area contributed by atoms with Crippen LogP contribution in [0.5, 0.6) is 0 Å². The summed E-state index contributed by atoms with van der Waals surface area (Å²) in [6, 6.07) is 9.88. The minimum absolute atomic E-state index is 0.0203. The van der Waals surface area contributed by atoms with Crippen molar-refractivity contribution in [3.8, 4) is 11.5 Å². The van der Waals surface area contributed by atoms with Gasteiger partial charge in [-0.05, 0) is 29.8 Å². The third kappa shape index (κ3) is 3.30. The van der Waals surface area contributed by atoms with E-state index in [-0.39, 0.29) is 16.8 Å². The number of hydrogen-bond donors (Lipinski definition) is 0. The second-order valence-corrected chi connectivity index (χ2v) is 6.50. The topological polar surface area (TPSA) is 72.1 Å². The zero-order valence-electron chi connectivity index (χ0n) is 13.6. The maximum absolute atomic E-state index is 13.3. The summed E-state index contributed by atoms with van der Waals surface area (Å²) in [4.78, 5) is 22.5. The number of hydrogen-bond acceptors (Lipinski definition) is 5. The van der Waals surface area contributed by atoms with Crippen molar-refractivity contribution in [2.75, 3.05) is 6.54 Å². The van der Waals surface area contributed by atoms with E-state index in [2.05, 4.69) is 15.1 Å². The van der Waals surface area contributed by atoms with Gasteiger partial charge in [-0.15, -0.1) is 0 Å². The van der Waals surface area contributed by atoms with Gasteiger partial charge >= 0.3 is 0 Å². The molecular formula is C18H14ClFN4O2. The third-order valence-electron chi connectivity index (χ3n) is 4.26. The zero-order valence-corrected chi connectivity index (χ0v) is 14.4. The van der Waals surface area contributed by atoms with E-state index in [0.717, 1.165) is 5.56 Å². The van der Waals surface area contributed by atoms with Gasteiger partial charge in [0.2, 0.25) is 17.6 Å². The molecule has 1 amide bonds. The SMILES string of the molecule is O=C1CC(c2nc(-c3ccccn3)no2)CN1Cc1ccc(F)c(Cl)c1. The van der Waals surface area contributed by atoms with E-state index in [1.165, 1.54) is 12.1 Å². The Bertz CT molecular complexity index is 947. The molecule has 0 bridgehead atoms. The van der Waals surface area contributed by atoms with E-state index >= 15 is 0 Å². The Kier molecular flexibility index (Phi) is 4.38. The third-order valence-corrected chi connectivity index (χ3v) is 4.55. The monoisotopic (exact) mass is 372 g/mol. The van der Waals surface area contributed by atoms with Gasteiger partial charge in [-0.25, -0.2) is 4.39 Å². The summed E-state index contributed by atoms with van der Waals surface area (Å²) in [5.41, 5.74) is 1.38. The molecule has 8 heteroatoms. The van der Waals surface area contributed by atoms with Gasteiger partial charge in [-0.1, -0.05) is 28.9 Å². The van der Waals surface area contributed by atoms with Gasteiger partial charge in [-0.3, -0.25) is 9.78 Å². The Balaban J connectivity index is 1.48. The van der Waals surface area contributed by atoms with Crippen LogP contribution in [0.1, 0.15) is 23.8 Å². The lowest BCUT2D eigenvalue weighted by Gasteiger charge is -2.16. The van der Waals surface area contributed by atoms with Crippen molar-refractivity contribution >= 4 is 17.5 Å². The van der Waals surface area contributed by atoms with E-state index in [1.54, 1.807) is 29.3 Å².